The van der Waals surface area contributed by atoms with Gasteiger partial charge >= 0.3 is 12.1 Å². The SMILES string of the molecule is CCOc1ccc(C2C3CCN(C(=O)O)C3c3ccccc3N2C(=O)NC2CCC2)cc1. The number of likely N-dealkylation sites (tertiary alicyclic amines) is 1. The number of hydrogen-bond donors (Lipinski definition) is 2. The van der Waals surface area contributed by atoms with E-state index >= 15 is 0 Å². The molecule has 0 aromatic heterocycles. The minimum Gasteiger partial charge on any atom is -0.494 e. The summed E-state index contributed by atoms with van der Waals surface area (Å²) in [7, 11) is 0. The summed E-state index contributed by atoms with van der Waals surface area (Å²) in [6, 6.07) is 15.2. The highest BCUT2D eigenvalue weighted by molar-refractivity contribution is 5.95. The predicted molar refractivity (Wildman–Crippen MR) is 121 cm³/mol. The second kappa shape index (κ2) is 8.37. The lowest BCUT2D eigenvalue weighted by atomic mass is 9.78. The molecular formula is C25H29N3O4. The Morgan fingerprint density at radius 3 is 2.47 bits per heavy atom. The zero-order valence-electron chi connectivity index (χ0n) is 18.2. The zero-order chi connectivity index (χ0) is 22.2. The zero-order valence-corrected chi connectivity index (χ0v) is 18.2. The quantitative estimate of drug-likeness (QED) is 0.712. The molecule has 7 heteroatoms. The van der Waals surface area contributed by atoms with Crippen LogP contribution in [0.5, 0.6) is 5.75 Å². The molecular weight excluding hydrogens is 406 g/mol. The molecule has 2 aromatic rings. The number of carbonyl (C=O) groups excluding carboxylic acids is 1. The molecule has 3 atom stereocenters. The molecule has 32 heavy (non-hydrogen) atoms. The summed E-state index contributed by atoms with van der Waals surface area (Å²) in [6.07, 6.45) is 2.95. The van der Waals surface area contributed by atoms with Crippen LogP contribution in [0, 0.1) is 5.92 Å². The van der Waals surface area contributed by atoms with E-state index in [1.165, 1.54) is 4.90 Å². The maximum atomic E-state index is 13.6. The van der Waals surface area contributed by atoms with Gasteiger partial charge < -0.3 is 20.1 Å². The van der Waals surface area contributed by atoms with Crippen molar-refractivity contribution in [2.45, 2.75) is 50.7 Å². The van der Waals surface area contributed by atoms with Crippen molar-refractivity contribution in [3.8, 4) is 5.75 Å². The van der Waals surface area contributed by atoms with Crippen LogP contribution in [-0.2, 0) is 0 Å². The molecule has 3 unspecified atom stereocenters. The van der Waals surface area contributed by atoms with Crippen LogP contribution in [0.3, 0.4) is 0 Å². The van der Waals surface area contributed by atoms with Crippen molar-refractivity contribution < 1.29 is 19.4 Å². The standard InChI is InChI=1S/C25H29N3O4/c1-2-32-18-12-10-16(11-13-18)22-20-14-15-27(25(30)31)23(20)19-8-3-4-9-21(19)28(22)24(29)26-17-6-5-7-17/h3-4,8-13,17,20,22-23H,2,5-7,14-15H2,1H3,(H,26,29)(H,30,31). The predicted octanol–water partition coefficient (Wildman–Crippen LogP) is 4.95. The third-order valence-electron chi connectivity index (χ3n) is 7.07. The molecule has 2 fully saturated rings. The van der Waals surface area contributed by atoms with E-state index in [0.717, 1.165) is 41.8 Å². The number of carboxylic acid groups (broad SMARTS) is 1. The Balaban J connectivity index is 1.60. The fourth-order valence-corrected chi connectivity index (χ4v) is 5.41. The second-order valence-electron chi connectivity index (χ2n) is 8.83. The number of nitrogens with one attached hydrogen (secondary N) is 1. The van der Waals surface area contributed by atoms with Crippen molar-refractivity contribution in [1.29, 1.82) is 0 Å². The number of benzene rings is 2. The average Bonchev–Trinajstić information content (AvgIpc) is 3.22. The third kappa shape index (κ3) is 3.45. The van der Waals surface area contributed by atoms with E-state index in [2.05, 4.69) is 5.32 Å². The first-order chi connectivity index (χ1) is 15.6. The molecule has 5 rings (SSSR count). The van der Waals surface area contributed by atoms with Crippen LogP contribution < -0.4 is 15.0 Å². The fourth-order valence-electron chi connectivity index (χ4n) is 5.41. The molecule has 0 bridgehead atoms. The number of ether oxygens (including phenoxy) is 1. The summed E-state index contributed by atoms with van der Waals surface area (Å²) in [5.41, 5.74) is 2.69. The van der Waals surface area contributed by atoms with Gasteiger partial charge in [-0.15, -0.1) is 0 Å². The van der Waals surface area contributed by atoms with Gasteiger partial charge in [-0.05, 0) is 61.9 Å². The van der Waals surface area contributed by atoms with Gasteiger partial charge in [-0.3, -0.25) is 4.90 Å². The summed E-state index contributed by atoms with van der Waals surface area (Å²) in [6.45, 7) is 3.00. The van der Waals surface area contributed by atoms with Crippen molar-refractivity contribution in [2.24, 2.45) is 5.92 Å². The fraction of sp³-hybridized carbons (Fsp3) is 0.440. The molecule has 1 aliphatic carbocycles. The average molecular weight is 436 g/mol. The maximum Gasteiger partial charge on any atom is 0.407 e. The summed E-state index contributed by atoms with van der Waals surface area (Å²) in [5, 5.41) is 13.1. The Bertz CT molecular complexity index is 1000. The Hall–Kier alpha value is -3.22. The smallest absolute Gasteiger partial charge is 0.407 e. The summed E-state index contributed by atoms with van der Waals surface area (Å²) in [4.78, 5) is 29.0. The molecule has 3 aliphatic rings. The van der Waals surface area contributed by atoms with Crippen LogP contribution in [0.15, 0.2) is 48.5 Å². The number of hydrogen-bond acceptors (Lipinski definition) is 3. The molecule has 1 saturated heterocycles. The lowest BCUT2D eigenvalue weighted by molar-refractivity contribution is 0.130. The first-order valence-corrected chi connectivity index (χ1v) is 11.5. The lowest BCUT2D eigenvalue weighted by Crippen LogP contribution is -2.52. The number of para-hydroxylation sites is 1. The molecule has 3 amide bonds. The highest BCUT2D eigenvalue weighted by Gasteiger charge is 2.51. The van der Waals surface area contributed by atoms with Crippen molar-refractivity contribution in [1.82, 2.24) is 10.2 Å². The number of carbonyl (C=O) groups is 2. The normalized spacial score (nSPS) is 24.3. The minimum absolute atomic E-state index is 0.0221. The van der Waals surface area contributed by atoms with Crippen LogP contribution in [0.2, 0.25) is 0 Å². The Kier molecular flexibility index (Phi) is 5.41. The van der Waals surface area contributed by atoms with Gasteiger partial charge in [0.15, 0.2) is 0 Å². The van der Waals surface area contributed by atoms with Gasteiger partial charge in [0.1, 0.15) is 5.75 Å². The van der Waals surface area contributed by atoms with Crippen molar-refractivity contribution in [2.75, 3.05) is 18.1 Å². The summed E-state index contributed by atoms with van der Waals surface area (Å²) < 4.78 is 5.61. The molecule has 0 spiro atoms. The van der Waals surface area contributed by atoms with Crippen LogP contribution in [-0.4, -0.2) is 41.3 Å². The van der Waals surface area contributed by atoms with E-state index < -0.39 is 6.09 Å². The monoisotopic (exact) mass is 435 g/mol. The summed E-state index contributed by atoms with van der Waals surface area (Å²) in [5.74, 6) is 0.763. The molecule has 0 radical (unpaired) electrons. The van der Waals surface area contributed by atoms with E-state index in [4.69, 9.17) is 4.74 Å². The maximum absolute atomic E-state index is 13.6. The van der Waals surface area contributed by atoms with Crippen molar-refractivity contribution >= 4 is 17.8 Å². The van der Waals surface area contributed by atoms with E-state index in [9.17, 15) is 14.7 Å². The number of anilines is 1. The van der Waals surface area contributed by atoms with Crippen LogP contribution in [0.4, 0.5) is 15.3 Å². The van der Waals surface area contributed by atoms with Gasteiger partial charge in [-0.2, -0.15) is 0 Å². The van der Waals surface area contributed by atoms with Gasteiger partial charge in [0.2, 0.25) is 0 Å². The van der Waals surface area contributed by atoms with Gasteiger partial charge in [-0.1, -0.05) is 30.3 Å². The minimum atomic E-state index is -0.912. The number of nitrogens with zero attached hydrogens (tertiary/aromatic N) is 2. The molecule has 1 saturated carbocycles. The van der Waals surface area contributed by atoms with Crippen LogP contribution in [0.25, 0.3) is 0 Å². The molecule has 2 aliphatic heterocycles. The van der Waals surface area contributed by atoms with Gasteiger partial charge in [0.05, 0.1) is 24.4 Å². The Morgan fingerprint density at radius 2 is 1.81 bits per heavy atom. The van der Waals surface area contributed by atoms with Gasteiger partial charge in [0, 0.05) is 18.5 Å². The Labute approximate surface area is 188 Å². The third-order valence-corrected chi connectivity index (χ3v) is 7.07. The van der Waals surface area contributed by atoms with E-state index in [-0.39, 0.29) is 30.1 Å². The lowest BCUT2D eigenvalue weighted by Gasteiger charge is -2.46. The number of fused-ring (bicyclic) bond motifs is 3. The largest absolute Gasteiger partial charge is 0.494 e. The van der Waals surface area contributed by atoms with Gasteiger partial charge in [0.25, 0.3) is 0 Å². The van der Waals surface area contributed by atoms with E-state index in [1.54, 1.807) is 0 Å². The molecule has 7 nitrogen and oxygen atoms in total. The molecule has 168 valence electrons. The van der Waals surface area contributed by atoms with E-state index in [0.29, 0.717) is 19.6 Å². The first kappa shape index (κ1) is 20.7. The highest BCUT2D eigenvalue weighted by atomic mass is 16.5. The van der Waals surface area contributed by atoms with Crippen LogP contribution in [0.1, 0.15) is 55.8 Å². The number of urea groups is 1. The van der Waals surface area contributed by atoms with Crippen LogP contribution >= 0.6 is 0 Å². The molecule has 2 heterocycles. The number of amides is 3. The van der Waals surface area contributed by atoms with E-state index in [1.807, 2.05) is 60.4 Å². The van der Waals surface area contributed by atoms with Crippen molar-refractivity contribution in [3.63, 3.8) is 0 Å². The molecule has 2 aromatic carbocycles. The number of rotatable bonds is 4. The Morgan fingerprint density at radius 1 is 1.06 bits per heavy atom. The molecule has 2 N–H and O–H groups in total. The first-order valence-electron chi connectivity index (χ1n) is 11.5. The second-order valence-corrected chi connectivity index (χ2v) is 8.83. The topological polar surface area (TPSA) is 82.1 Å². The summed E-state index contributed by atoms with van der Waals surface area (Å²) >= 11 is 0. The van der Waals surface area contributed by atoms with Gasteiger partial charge in [-0.25, -0.2) is 9.59 Å². The van der Waals surface area contributed by atoms with Crippen molar-refractivity contribution in [3.05, 3.63) is 59.7 Å². The highest BCUT2D eigenvalue weighted by Crippen LogP contribution is 2.54.